The number of non-ortho nitro benzene ring substituents is 1. The number of halogens is 1. The summed E-state index contributed by atoms with van der Waals surface area (Å²) in [4.78, 5) is 10.1. The maximum Gasteiger partial charge on any atom is 0.269 e. The summed E-state index contributed by atoms with van der Waals surface area (Å²) in [7, 11) is 0. The molecule has 0 heterocycles. The minimum absolute atomic E-state index is 0.00695. The highest BCUT2D eigenvalue weighted by atomic mass is 79.9. The molecule has 0 unspecified atom stereocenters. The van der Waals surface area contributed by atoms with Gasteiger partial charge >= 0.3 is 0 Å². The number of ether oxygens (including phenoxy) is 1. The number of nitriles is 1. The lowest BCUT2D eigenvalue weighted by Crippen LogP contribution is -1.91. The van der Waals surface area contributed by atoms with Crippen molar-refractivity contribution in [2.24, 2.45) is 0 Å². The Morgan fingerprint density at radius 1 is 1.25 bits per heavy atom. The van der Waals surface area contributed by atoms with Crippen molar-refractivity contribution in [2.75, 3.05) is 0 Å². The molecule has 0 saturated heterocycles. The molecule has 0 radical (unpaired) electrons. The minimum Gasteiger partial charge on any atom is -0.456 e. The smallest absolute Gasteiger partial charge is 0.269 e. The van der Waals surface area contributed by atoms with Gasteiger partial charge in [-0.05, 0) is 29.8 Å². The van der Waals surface area contributed by atoms with E-state index >= 15 is 0 Å². The number of rotatable bonds is 4. The normalized spacial score (nSPS) is 9.80. The van der Waals surface area contributed by atoms with Crippen LogP contribution in [0.5, 0.6) is 11.5 Å². The maximum atomic E-state index is 10.6. The van der Waals surface area contributed by atoms with Gasteiger partial charge in [0.15, 0.2) is 0 Å². The summed E-state index contributed by atoms with van der Waals surface area (Å²) in [6.07, 6.45) is 0. The summed E-state index contributed by atoms with van der Waals surface area (Å²) >= 11 is 3.32. The lowest BCUT2D eigenvalue weighted by atomic mass is 10.1. The molecule has 2 rings (SSSR count). The molecule has 0 atom stereocenters. The molecule has 0 bridgehead atoms. The van der Waals surface area contributed by atoms with E-state index in [-0.39, 0.29) is 5.69 Å². The van der Waals surface area contributed by atoms with Crippen LogP contribution in [0.2, 0.25) is 0 Å². The Morgan fingerprint density at radius 3 is 2.50 bits per heavy atom. The third-order valence-electron chi connectivity index (χ3n) is 2.59. The van der Waals surface area contributed by atoms with Crippen LogP contribution in [0.4, 0.5) is 5.69 Å². The summed E-state index contributed by atoms with van der Waals surface area (Å²) in [6.45, 7) is 0. The average Bonchev–Trinajstić information content (AvgIpc) is 2.48. The molecule has 0 amide bonds. The number of hydrogen-bond acceptors (Lipinski definition) is 4. The standard InChI is InChI=1S/C14H9BrN2O3/c15-8-10-1-6-14(11(7-10)9-16)20-13-4-2-12(3-5-13)17(18)19/h1-7H,8H2. The van der Waals surface area contributed by atoms with Gasteiger partial charge in [0.25, 0.3) is 5.69 Å². The second-order valence-electron chi connectivity index (χ2n) is 3.93. The Labute approximate surface area is 123 Å². The number of nitro groups is 1. The van der Waals surface area contributed by atoms with E-state index in [1.54, 1.807) is 12.1 Å². The highest BCUT2D eigenvalue weighted by Crippen LogP contribution is 2.27. The fraction of sp³-hybridized carbons (Fsp3) is 0.0714. The first-order valence-corrected chi connectivity index (χ1v) is 6.77. The van der Waals surface area contributed by atoms with Gasteiger partial charge in [0.05, 0.1) is 10.5 Å². The van der Waals surface area contributed by atoms with Crippen molar-refractivity contribution in [1.29, 1.82) is 5.26 Å². The van der Waals surface area contributed by atoms with E-state index in [0.717, 1.165) is 5.56 Å². The molecule has 0 N–H and O–H groups in total. The van der Waals surface area contributed by atoms with Gasteiger partial charge in [-0.25, -0.2) is 0 Å². The third-order valence-corrected chi connectivity index (χ3v) is 3.24. The van der Waals surface area contributed by atoms with Crippen molar-refractivity contribution in [1.82, 2.24) is 0 Å². The third kappa shape index (κ3) is 3.13. The zero-order valence-electron chi connectivity index (χ0n) is 10.2. The Morgan fingerprint density at radius 2 is 1.95 bits per heavy atom. The molecular weight excluding hydrogens is 324 g/mol. The predicted octanol–water partition coefficient (Wildman–Crippen LogP) is 4.15. The molecule has 6 heteroatoms. The molecule has 5 nitrogen and oxygen atoms in total. The van der Waals surface area contributed by atoms with E-state index in [4.69, 9.17) is 10.00 Å². The van der Waals surface area contributed by atoms with E-state index in [1.807, 2.05) is 6.07 Å². The Balaban J connectivity index is 2.26. The molecule has 20 heavy (non-hydrogen) atoms. The average molecular weight is 333 g/mol. The maximum absolute atomic E-state index is 10.6. The Hall–Kier alpha value is -2.39. The highest BCUT2D eigenvalue weighted by Gasteiger charge is 2.08. The van der Waals surface area contributed by atoms with Gasteiger partial charge in [-0.3, -0.25) is 10.1 Å². The molecule has 0 aromatic heterocycles. The number of hydrogen-bond donors (Lipinski definition) is 0. The molecule has 0 aliphatic rings. The zero-order chi connectivity index (χ0) is 14.5. The molecule has 0 saturated carbocycles. The topological polar surface area (TPSA) is 76.2 Å². The Kier molecular flexibility index (Phi) is 4.33. The summed E-state index contributed by atoms with van der Waals surface area (Å²) in [5.41, 5.74) is 1.38. The van der Waals surface area contributed by atoms with Gasteiger partial charge in [-0.2, -0.15) is 5.26 Å². The van der Waals surface area contributed by atoms with Crippen molar-refractivity contribution >= 4 is 21.6 Å². The van der Waals surface area contributed by atoms with Crippen LogP contribution in [0.15, 0.2) is 42.5 Å². The van der Waals surface area contributed by atoms with Crippen molar-refractivity contribution in [3.63, 3.8) is 0 Å². The quantitative estimate of drug-likeness (QED) is 0.478. The van der Waals surface area contributed by atoms with E-state index in [0.29, 0.717) is 22.4 Å². The predicted molar refractivity (Wildman–Crippen MR) is 77.0 cm³/mol. The minimum atomic E-state index is -0.477. The molecule has 0 spiro atoms. The lowest BCUT2D eigenvalue weighted by Gasteiger charge is -2.08. The van der Waals surface area contributed by atoms with Crippen molar-refractivity contribution in [3.05, 3.63) is 63.7 Å². The van der Waals surface area contributed by atoms with Gasteiger partial charge in [-0.1, -0.05) is 22.0 Å². The summed E-state index contributed by atoms with van der Waals surface area (Å²) in [6, 6.07) is 13.1. The van der Waals surface area contributed by atoms with Crippen LogP contribution in [0.3, 0.4) is 0 Å². The fourth-order valence-electron chi connectivity index (χ4n) is 1.60. The molecular formula is C14H9BrN2O3. The largest absolute Gasteiger partial charge is 0.456 e. The van der Waals surface area contributed by atoms with Crippen LogP contribution in [0, 0.1) is 21.4 Å². The van der Waals surface area contributed by atoms with Crippen LogP contribution >= 0.6 is 15.9 Å². The van der Waals surface area contributed by atoms with E-state index in [2.05, 4.69) is 22.0 Å². The number of alkyl halides is 1. The monoisotopic (exact) mass is 332 g/mol. The van der Waals surface area contributed by atoms with Gasteiger partial charge in [0.1, 0.15) is 17.6 Å². The van der Waals surface area contributed by atoms with E-state index in [9.17, 15) is 10.1 Å². The Bertz CT molecular complexity index is 678. The molecule has 2 aromatic carbocycles. The summed E-state index contributed by atoms with van der Waals surface area (Å²) in [5, 5.41) is 20.3. The second-order valence-corrected chi connectivity index (χ2v) is 4.49. The van der Waals surface area contributed by atoms with Gasteiger partial charge in [0, 0.05) is 17.5 Å². The molecule has 2 aromatic rings. The van der Waals surface area contributed by atoms with Crippen LogP contribution in [-0.2, 0) is 5.33 Å². The van der Waals surface area contributed by atoms with Crippen LogP contribution in [-0.4, -0.2) is 4.92 Å². The van der Waals surface area contributed by atoms with Gasteiger partial charge < -0.3 is 4.74 Å². The van der Waals surface area contributed by atoms with Crippen LogP contribution in [0.25, 0.3) is 0 Å². The van der Waals surface area contributed by atoms with Gasteiger partial charge in [-0.15, -0.1) is 0 Å². The molecule has 100 valence electrons. The first-order chi connectivity index (χ1) is 9.63. The summed E-state index contributed by atoms with van der Waals surface area (Å²) in [5.74, 6) is 0.866. The lowest BCUT2D eigenvalue weighted by molar-refractivity contribution is -0.384. The van der Waals surface area contributed by atoms with E-state index in [1.165, 1.54) is 24.3 Å². The molecule has 0 aliphatic carbocycles. The fourth-order valence-corrected chi connectivity index (χ4v) is 1.95. The highest BCUT2D eigenvalue weighted by molar-refractivity contribution is 9.08. The number of nitro benzene ring substituents is 1. The number of benzene rings is 2. The van der Waals surface area contributed by atoms with Crippen molar-refractivity contribution in [3.8, 4) is 17.6 Å². The van der Waals surface area contributed by atoms with Crippen molar-refractivity contribution < 1.29 is 9.66 Å². The SMILES string of the molecule is N#Cc1cc(CBr)ccc1Oc1ccc([N+](=O)[O-])cc1. The zero-order valence-corrected chi connectivity index (χ0v) is 11.8. The van der Waals surface area contributed by atoms with Crippen molar-refractivity contribution in [2.45, 2.75) is 5.33 Å². The first kappa shape index (κ1) is 14.0. The first-order valence-electron chi connectivity index (χ1n) is 5.65. The van der Waals surface area contributed by atoms with Crippen LogP contribution in [0.1, 0.15) is 11.1 Å². The van der Waals surface area contributed by atoms with Crippen LogP contribution < -0.4 is 4.74 Å². The van der Waals surface area contributed by atoms with Gasteiger partial charge in [0.2, 0.25) is 0 Å². The van der Waals surface area contributed by atoms with E-state index < -0.39 is 4.92 Å². The molecule has 0 aliphatic heterocycles. The second kappa shape index (κ2) is 6.17. The summed E-state index contributed by atoms with van der Waals surface area (Å²) < 4.78 is 5.57. The molecule has 0 fully saturated rings. The number of nitrogens with zero attached hydrogens (tertiary/aromatic N) is 2.